The van der Waals surface area contributed by atoms with Gasteiger partial charge in [0.2, 0.25) is 5.89 Å². The highest BCUT2D eigenvalue weighted by Gasteiger charge is 2.30. The Hall–Kier alpha value is -1.12. The molecule has 0 aromatic carbocycles. The first-order chi connectivity index (χ1) is 8.54. The minimum absolute atomic E-state index is 0.0403. The number of anilines is 1. The second kappa shape index (κ2) is 4.22. The average Bonchev–Trinajstić information content (AvgIpc) is 2.89. The van der Waals surface area contributed by atoms with Gasteiger partial charge in [0.25, 0.3) is 16.0 Å². The lowest BCUT2D eigenvalue weighted by molar-refractivity contribution is 0.380. The van der Waals surface area contributed by atoms with Gasteiger partial charge in [-0.05, 0) is 30.1 Å². The molecule has 1 N–H and O–H groups in total. The van der Waals surface area contributed by atoms with Gasteiger partial charge in [0.1, 0.15) is 4.21 Å². The SMILES string of the molecule is O=S(=O)(Nc1noc(C2CC2)n1)c1ccc(Cl)s1. The van der Waals surface area contributed by atoms with E-state index in [1.54, 1.807) is 0 Å². The minimum Gasteiger partial charge on any atom is -0.337 e. The van der Waals surface area contributed by atoms with Crippen molar-refractivity contribution >= 4 is 38.9 Å². The van der Waals surface area contributed by atoms with Crippen molar-refractivity contribution in [2.45, 2.75) is 23.0 Å². The summed E-state index contributed by atoms with van der Waals surface area (Å²) in [4.78, 5) is 3.99. The molecule has 0 saturated heterocycles. The Bertz CT molecular complexity index is 675. The van der Waals surface area contributed by atoms with Gasteiger partial charge in [-0.1, -0.05) is 11.6 Å². The van der Waals surface area contributed by atoms with E-state index in [1.807, 2.05) is 0 Å². The van der Waals surface area contributed by atoms with E-state index in [-0.39, 0.29) is 16.1 Å². The van der Waals surface area contributed by atoms with Crippen molar-refractivity contribution in [3.63, 3.8) is 0 Å². The molecular formula is C9H8ClN3O3S2. The van der Waals surface area contributed by atoms with Gasteiger partial charge in [0, 0.05) is 5.92 Å². The molecule has 1 aliphatic carbocycles. The van der Waals surface area contributed by atoms with Gasteiger partial charge in [-0.3, -0.25) is 0 Å². The smallest absolute Gasteiger partial charge is 0.277 e. The molecular weight excluding hydrogens is 298 g/mol. The zero-order chi connectivity index (χ0) is 12.8. The molecule has 0 radical (unpaired) electrons. The third-order valence-corrected chi connectivity index (χ3v) is 5.46. The Morgan fingerprint density at radius 2 is 2.22 bits per heavy atom. The molecule has 2 heterocycles. The molecule has 9 heteroatoms. The van der Waals surface area contributed by atoms with Crippen molar-refractivity contribution < 1.29 is 12.9 Å². The molecule has 0 amide bonds. The second-order valence-electron chi connectivity index (χ2n) is 3.89. The molecule has 0 unspecified atom stereocenters. The van der Waals surface area contributed by atoms with Gasteiger partial charge in [0.05, 0.1) is 4.34 Å². The van der Waals surface area contributed by atoms with Crippen LogP contribution in [0.25, 0.3) is 0 Å². The molecule has 1 aliphatic rings. The minimum atomic E-state index is -3.69. The van der Waals surface area contributed by atoms with Crippen LogP contribution in [0.5, 0.6) is 0 Å². The van der Waals surface area contributed by atoms with Crippen molar-refractivity contribution in [2.24, 2.45) is 0 Å². The van der Waals surface area contributed by atoms with Crippen LogP contribution in [0, 0.1) is 0 Å². The van der Waals surface area contributed by atoms with Crippen LogP contribution >= 0.6 is 22.9 Å². The summed E-state index contributed by atoms with van der Waals surface area (Å²) < 4.78 is 31.6. The molecule has 2 aromatic heterocycles. The van der Waals surface area contributed by atoms with Crippen LogP contribution < -0.4 is 4.72 Å². The van der Waals surface area contributed by atoms with E-state index in [0.29, 0.717) is 10.2 Å². The van der Waals surface area contributed by atoms with Gasteiger partial charge in [-0.25, -0.2) is 13.1 Å². The van der Waals surface area contributed by atoms with E-state index in [9.17, 15) is 8.42 Å². The van der Waals surface area contributed by atoms with Gasteiger partial charge in [-0.15, -0.1) is 11.3 Å². The largest absolute Gasteiger partial charge is 0.337 e. The van der Waals surface area contributed by atoms with Gasteiger partial charge in [0.15, 0.2) is 0 Å². The molecule has 6 nitrogen and oxygen atoms in total. The number of sulfonamides is 1. The van der Waals surface area contributed by atoms with Gasteiger partial charge in [-0.2, -0.15) is 4.98 Å². The summed E-state index contributed by atoms with van der Waals surface area (Å²) >= 11 is 6.67. The number of hydrogen-bond donors (Lipinski definition) is 1. The van der Waals surface area contributed by atoms with Crippen LogP contribution in [0.15, 0.2) is 20.9 Å². The fraction of sp³-hybridized carbons (Fsp3) is 0.333. The Labute approximate surface area is 112 Å². The molecule has 0 atom stereocenters. The zero-order valence-electron chi connectivity index (χ0n) is 8.96. The third-order valence-electron chi connectivity index (χ3n) is 2.41. The first-order valence-corrected chi connectivity index (χ1v) is 7.84. The van der Waals surface area contributed by atoms with Crippen molar-refractivity contribution in [3.05, 3.63) is 22.4 Å². The molecule has 0 aliphatic heterocycles. The van der Waals surface area contributed by atoms with E-state index in [1.165, 1.54) is 12.1 Å². The van der Waals surface area contributed by atoms with Crippen LogP contribution in [0.2, 0.25) is 4.34 Å². The quantitative estimate of drug-likeness (QED) is 0.938. The monoisotopic (exact) mass is 305 g/mol. The molecule has 0 bridgehead atoms. The Kier molecular flexibility index (Phi) is 2.80. The summed E-state index contributed by atoms with van der Waals surface area (Å²) in [5.74, 6) is 0.727. The van der Waals surface area contributed by atoms with Crippen LogP contribution in [-0.4, -0.2) is 18.6 Å². The summed E-state index contributed by atoms with van der Waals surface area (Å²) in [5, 5.41) is 3.59. The lowest BCUT2D eigenvalue weighted by atomic mass is 10.4. The molecule has 1 fully saturated rings. The number of aromatic nitrogens is 2. The molecule has 96 valence electrons. The van der Waals surface area contributed by atoms with Crippen LogP contribution in [-0.2, 0) is 10.0 Å². The van der Waals surface area contributed by atoms with Crippen LogP contribution in [0.4, 0.5) is 5.95 Å². The number of nitrogens with zero attached hydrogens (tertiary/aromatic N) is 2. The van der Waals surface area contributed by atoms with Crippen molar-refractivity contribution in [1.82, 2.24) is 10.1 Å². The fourth-order valence-corrected chi connectivity index (χ4v) is 3.80. The molecule has 1 saturated carbocycles. The second-order valence-corrected chi connectivity index (χ2v) is 7.52. The number of nitrogens with one attached hydrogen (secondary N) is 1. The third kappa shape index (κ3) is 2.36. The molecule has 2 aromatic rings. The summed E-state index contributed by atoms with van der Waals surface area (Å²) in [5.41, 5.74) is 0. The first-order valence-electron chi connectivity index (χ1n) is 5.16. The number of rotatable bonds is 4. The Morgan fingerprint density at radius 1 is 1.44 bits per heavy atom. The number of halogens is 1. The number of thiophene rings is 1. The maximum Gasteiger partial charge on any atom is 0.277 e. The standard InChI is InChI=1S/C9H8ClN3O3S2/c10-6-3-4-7(17-6)18(14,15)13-9-11-8(16-12-9)5-1-2-5/h3-5H,1-2H2,(H,12,13). The highest BCUT2D eigenvalue weighted by atomic mass is 35.5. The van der Waals surface area contributed by atoms with Crippen molar-refractivity contribution in [1.29, 1.82) is 0 Å². The van der Waals surface area contributed by atoms with E-state index in [0.717, 1.165) is 24.2 Å². The summed E-state index contributed by atoms with van der Waals surface area (Å²) in [6.45, 7) is 0. The predicted octanol–water partition coefficient (Wildman–Crippen LogP) is 2.46. The van der Waals surface area contributed by atoms with E-state index in [2.05, 4.69) is 14.9 Å². The molecule has 0 spiro atoms. The summed E-state index contributed by atoms with van der Waals surface area (Å²) in [6, 6.07) is 2.95. The van der Waals surface area contributed by atoms with Gasteiger partial charge < -0.3 is 4.52 Å². The van der Waals surface area contributed by atoms with Crippen molar-refractivity contribution in [2.75, 3.05) is 4.72 Å². The topological polar surface area (TPSA) is 85.1 Å². The van der Waals surface area contributed by atoms with E-state index in [4.69, 9.17) is 16.1 Å². The fourth-order valence-electron chi connectivity index (χ4n) is 1.39. The first kappa shape index (κ1) is 11.9. The summed E-state index contributed by atoms with van der Waals surface area (Å²) in [7, 11) is -3.69. The lowest BCUT2D eigenvalue weighted by Gasteiger charge is -1.99. The predicted molar refractivity (Wildman–Crippen MR) is 66.4 cm³/mol. The summed E-state index contributed by atoms with van der Waals surface area (Å²) in [6.07, 6.45) is 2.02. The highest BCUT2D eigenvalue weighted by molar-refractivity contribution is 7.94. The van der Waals surface area contributed by atoms with E-state index < -0.39 is 10.0 Å². The Balaban J connectivity index is 1.81. The molecule has 3 rings (SSSR count). The maximum atomic E-state index is 11.9. The Morgan fingerprint density at radius 3 is 2.83 bits per heavy atom. The lowest BCUT2D eigenvalue weighted by Crippen LogP contribution is -2.12. The van der Waals surface area contributed by atoms with Crippen molar-refractivity contribution in [3.8, 4) is 0 Å². The maximum absolute atomic E-state index is 11.9. The highest BCUT2D eigenvalue weighted by Crippen LogP contribution is 2.39. The zero-order valence-corrected chi connectivity index (χ0v) is 11.3. The average molecular weight is 306 g/mol. The van der Waals surface area contributed by atoms with Crippen LogP contribution in [0.3, 0.4) is 0 Å². The number of hydrogen-bond acceptors (Lipinski definition) is 6. The normalized spacial score (nSPS) is 15.8. The van der Waals surface area contributed by atoms with E-state index >= 15 is 0 Å². The molecule has 18 heavy (non-hydrogen) atoms. The van der Waals surface area contributed by atoms with Gasteiger partial charge >= 0.3 is 0 Å². The van der Waals surface area contributed by atoms with Crippen LogP contribution in [0.1, 0.15) is 24.7 Å².